The van der Waals surface area contributed by atoms with Crippen LogP contribution < -0.4 is 10.2 Å². The molecule has 0 spiro atoms. The van der Waals surface area contributed by atoms with Gasteiger partial charge in [-0.15, -0.1) is 11.3 Å². The van der Waals surface area contributed by atoms with E-state index in [1.807, 2.05) is 0 Å². The van der Waals surface area contributed by atoms with E-state index in [4.69, 9.17) is 4.98 Å². The van der Waals surface area contributed by atoms with E-state index in [0.717, 1.165) is 12.5 Å². The highest BCUT2D eigenvalue weighted by atomic mass is 32.1. The van der Waals surface area contributed by atoms with Crippen molar-refractivity contribution in [3.63, 3.8) is 0 Å². The first kappa shape index (κ1) is 13.8. The summed E-state index contributed by atoms with van der Waals surface area (Å²) in [6.07, 6.45) is 3.78. The molecule has 1 saturated heterocycles. The van der Waals surface area contributed by atoms with E-state index in [2.05, 4.69) is 36.4 Å². The van der Waals surface area contributed by atoms with Gasteiger partial charge in [0.2, 0.25) is 0 Å². The van der Waals surface area contributed by atoms with E-state index in [1.54, 1.807) is 11.3 Å². The van der Waals surface area contributed by atoms with Crippen molar-refractivity contribution in [2.24, 2.45) is 5.92 Å². The average molecular weight is 267 g/mol. The third-order valence-corrected chi connectivity index (χ3v) is 4.63. The molecule has 2 rings (SSSR count). The van der Waals surface area contributed by atoms with Gasteiger partial charge in [-0.2, -0.15) is 0 Å². The van der Waals surface area contributed by atoms with Crippen molar-refractivity contribution in [1.29, 1.82) is 0 Å². The van der Waals surface area contributed by atoms with Gasteiger partial charge in [-0.05, 0) is 38.6 Å². The summed E-state index contributed by atoms with van der Waals surface area (Å²) in [6.45, 7) is 10.2. The summed E-state index contributed by atoms with van der Waals surface area (Å²) in [5.74, 6) is 0.880. The molecule has 1 aliphatic rings. The van der Waals surface area contributed by atoms with E-state index >= 15 is 0 Å². The van der Waals surface area contributed by atoms with Gasteiger partial charge in [-0.25, -0.2) is 4.98 Å². The average Bonchev–Trinajstić information content (AvgIpc) is 2.86. The fraction of sp³-hybridized carbons (Fsp3) is 0.786. The fourth-order valence-electron chi connectivity index (χ4n) is 2.29. The van der Waals surface area contributed by atoms with Crippen LogP contribution in [0.3, 0.4) is 0 Å². The van der Waals surface area contributed by atoms with Crippen molar-refractivity contribution in [1.82, 2.24) is 10.3 Å². The van der Waals surface area contributed by atoms with Gasteiger partial charge in [0.1, 0.15) is 0 Å². The molecular weight excluding hydrogens is 242 g/mol. The van der Waals surface area contributed by atoms with Crippen molar-refractivity contribution >= 4 is 16.5 Å². The van der Waals surface area contributed by atoms with Crippen LogP contribution in [0.5, 0.6) is 0 Å². The Bertz CT molecular complexity index is 356. The third kappa shape index (κ3) is 3.45. The minimum absolute atomic E-state index is 0.374. The number of hydrogen-bond acceptors (Lipinski definition) is 4. The van der Waals surface area contributed by atoms with E-state index in [-0.39, 0.29) is 0 Å². The maximum Gasteiger partial charge on any atom is 0.185 e. The van der Waals surface area contributed by atoms with Crippen LogP contribution in [0, 0.1) is 5.92 Å². The summed E-state index contributed by atoms with van der Waals surface area (Å²) < 4.78 is 0. The molecule has 18 heavy (non-hydrogen) atoms. The second-order valence-electron chi connectivity index (χ2n) is 5.40. The fourth-order valence-corrected chi connectivity index (χ4v) is 3.26. The molecule has 0 aromatic carbocycles. The molecule has 4 heteroatoms. The molecule has 0 amide bonds. The molecule has 0 radical (unpaired) electrons. The molecule has 1 aliphatic heterocycles. The highest BCUT2D eigenvalue weighted by Gasteiger charge is 2.19. The molecule has 3 nitrogen and oxygen atoms in total. The van der Waals surface area contributed by atoms with Crippen LogP contribution in [0.15, 0.2) is 5.38 Å². The summed E-state index contributed by atoms with van der Waals surface area (Å²) in [6, 6.07) is 0.374. The zero-order chi connectivity index (χ0) is 13.0. The number of nitrogens with zero attached hydrogens (tertiary/aromatic N) is 2. The number of anilines is 1. The highest BCUT2D eigenvalue weighted by Crippen LogP contribution is 2.27. The Morgan fingerprint density at radius 1 is 1.50 bits per heavy atom. The summed E-state index contributed by atoms with van der Waals surface area (Å²) in [5, 5.41) is 6.92. The first-order chi connectivity index (χ1) is 8.70. The lowest BCUT2D eigenvalue weighted by Crippen LogP contribution is -2.32. The first-order valence-electron chi connectivity index (χ1n) is 7.14. The molecule has 1 unspecified atom stereocenters. The summed E-state index contributed by atoms with van der Waals surface area (Å²) in [7, 11) is 0. The van der Waals surface area contributed by atoms with Crippen molar-refractivity contribution in [3.05, 3.63) is 11.1 Å². The van der Waals surface area contributed by atoms with Crippen molar-refractivity contribution in [2.45, 2.75) is 46.1 Å². The van der Waals surface area contributed by atoms with Crippen molar-refractivity contribution < 1.29 is 0 Å². The van der Waals surface area contributed by atoms with Gasteiger partial charge in [0.15, 0.2) is 5.13 Å². The molecule has 0 aliphatic carbocycles. The van der Waals surface area contributed by atoms with Gasteiger partial charge < -0.3 is 10.2 Å². The minimum Gasteiger partial charge on any atom is -0.348 e. The SMILES string of the molecule is CCCNC(C)c1csc(N2CCC(C)CC2)n1. The molecule has 102 valence electrons. The Kier molecular flexibility index (Phi) is 5.01. The summed E-state index contributed by atoms with van der Waals surface area (Å²) in [5.41, 5.74) is 1.20. The van der Waals surface area contributed by atoms with Crippen molar-refractivity contribution in [2.75, 3.05) is 24.5 Å². The number of thiazole rings is 1. The van der Waals surface area contributed by atoms with Crippen LogP contribution in [0.25, 0.3) is 0 Å². The zero-order valence-corrected chi connectivity index (χ0v) is 12.6. The van der Waals surface area contributed by atoms with Gasteiger partial charge >= 0.3 is 0 Å². The molecule has 0 bridgehead atoms. The zero-order valence-electron chi connectivity index (χ0n) is 11.8. The summed E-state index contributed by atoms with van der Waals surface area (Å²) >= 11 is 1.79. The van der Waals surface area contributed by atoms with Gasteiger partial charge in [-0.1, -0.05) is 13.8 Å². The summed E-state index contributed by atoms with van der Waals surface area (Å²) in [4.78, 5) is 7.24. The lowest BCUT2D eigenvalue weighted by molar-refractivity contribution is 0.437. The van der Waals surface area contributed by atoms with Gasteiger partial charge in [0, 0.05) is 24.5 Å². The number of piperidine rings is 1. The molecule has 1 N–H and O–H groups in total. The Hall–Kier alpha value is -0.610. The molecule has 1 atom stereocenters. The molecule has 1 fully saturated rings. The van der Waals surface area contributed by atoms with Crippen LogP contribution in [-0.2, 0) is 0 Å². The second-order valence-corrected chi connectivity index (χ2v) is 6.24. The molecule has 1 aromatic heterocycles. The van der Waals surface area contributed by atoms with Crippen LogP contribution in [0.4, 0.5) is 5.13 Å². The van der Waals surface area contributed by atoms with Crippen LogP contribution >= 0.6 is 11.3 Å². The number of nitrogens with one attached hydrogen (secondary N) is 1. The molecule has 2 heterocycles. The first-order valence-corrected chi connectivity index (χ1v) is 8.02. The molecule has 0 saturated carbocycles. The standard InChI is InChI=1S/C14H25N3S/c1-4-7-15-12(3)13-10-18-14(16-13)17-8-5-11(2)6-9-17/h10-12,15H,4-9H2,1-3H3. The van der Waals surface area contributed by atoms with Gasteiger partial charge in [-0.3, -0.25) is 0 Å². The maximum absolute atomic E-state index is 4.79. The smallest absolute Gasteiger partial charge is 0.185 e. The van der Waals surface area contributed by atoms with E-state index in [9.17, 15) is 0 Å². The number of aromatic nitrogens is 1. The Balaban J connectivity index is 1.93. The maximum atomic E-state index is 4.79. The van der Waals surface area contributed by atoms with E-state index in [0.29, 0.717) is 6.04 Å². The number of hydrogen-bond donors (Lipinski definition) is 1. The lowest BCUT2D eigenvalue weighted by atomic mass is 10.00. The molecular formula is C14H25N3S. The largest absolute Gasteiger partial charge is 0.348 e. The van der Waals surface area contributed by atoms with E-state index in [1.165, 1.54) is 43.2 Å². The topological polar surface area (TPSA) is 28.2 Å². The van der Waals surface area contributed by atoms with Gasteiger partial charge in [0.25, 0.3) is 0 Å². The normalized spacial score (nSPS) is 19.2. The quantitative estimate of drug-likeness (QED) is 0.886. The number of rotatable bonds is 5. The molecule has 1 aromatic rings. The minimum atomic E-state index is 0.374. The predicted molar refractivity (Wildman–Crippen MR) is 79.4 cm³/mol. The third-order valence-electron chi connectivity index (χ3n) is 3.71. The van der Waals surface area contributed by atoms with E-state index < -0.39 is 0 Å². The lowest BCUT2D eigenvalue weighted by Gasteiger charge is -2.29. The Morgan fingerprint density at radius 3 is 2.89 bits per heavy atom. The van der Waals surface area contributed by atoms with Crippen LogP contribution in [0.1, 0.15) is 51.8 Å². The highest BCUT2D eigenvalue weighted by molar-refractivity contribution is 7.13. The van der Waals surface area contributed by atoms with Crippen LogP contribution in [0.2, 0.25) is 0 Å². The van der Waals surface area contributed by atoms with Gasteiger partial charge in [0.05, 0.1) is 5.69 Å². The van der Waals surface area contributed by atoms with Crippen LogP contribution in [-0.4, -0.2) is 24.6 Å². The Morgan fingerprint density at radius 2 is 2.22 bits per heavy atom. The second kappa shape index (κ2) is 6.53. The monoisotopic (exact) mass is 267 g/mol. The predicted octanol–water partition coefficient (Wildman–Crippen LogP) is 3.44. The van der Waals surface area contributed by atoms with Crippen molar-refractivity contribution in [3.8, 4) is 0 Å². The Labute approximate surface area is 115 Å².